The van der Waals surface area contributed by atoms with Crippen molar-refractivity contribution in [2.45, 2.75) is 31.9 Å². The summed E-state index contributed by atoms with van der Waals surface area (Å²) in [4.78, 5) is 22.7. The Kier molecular flexibility index (Phi) is 4.52. The largest absolute Gasteiger partial charge is 0.478 e. The summed E-state index contributed by atoms with van der Waals surface area (Å²) in [6.07, 6.45) is 2.40. The molecule has 2 N–H and O–H groups in total. The maximum Gasteiger partial charge on any atom is 0.335 e. The molecule has 0 aliphatic carbocycles. The minimum atomic E-state index is -0.969. The van der Waals surface area contributed by atoms with Crippen LogP contribution in [0.2, 0.25) is 0 Å². The van der Waals surface area contributed by atoms with Crippen molar-refractivity contribution in [3.05, 3.63) is 35.4 Å². The van der Waals surface area contributed by atoms with Crippen LogP contribution in [-0.4, -0.2) is 29.7 Å². The minimum Gasteiger partial charge on any atom is -0.478 e. The van der Waals surface area contributed by atoms with Gasteiger partial charge in [-0.05, 0) is 37.0 Å². The third-order valence-electron chi connectivity index (χ3n) is 3.11. The Morgan fingerprint density at radius 3 is 2.89 bits per heavy atom. The molecule has 1 amide bonds. The summed E-state index contributed by atoms with van der Waals surface area (Å²) < 4.78 is 5.38. The first-order valence-corrected chi connectivity index (χ1v) is 6.38. The number of rotatable bonds is 4. The van der Waals surface area contributed by atoms with Gasteiger partial charge in [0.05, 0.1) is 5.56 Å². The van der Waals surface area contributed by atoms with E-state index in [0.29, 0.717) is 13.2 Å². The predicted octanol–water partition coefficient (Wildman–Crippen LogP) is 1.57. The number of hydrogen-bond donors (Lipinski definition) is 2. The van der Waals surface area contributed by atoms with Gasteiger partial charge in [0.2, 0.25) is 5.91 Å². The van der Waals surface area contributed by atoms with Crippen LogP contribution in [0.5, 0.6) is 0 Å². The lowest BCUT2D eigenvalue weighted by molar-refractivity contribution is -0.135. The smallest absolute Gasteiger partial charge is 0.335 e. The fraction of sp³-hybridized carbons (Fsp3) is 0.429. The highest BCUT2D eigenvalue weighted by molar-refractivity contribution is 5.87. The van der Waals surface area contributed by atoms with Crippen LogP contribution in [0.1, 0.15) is 35.2 Å². The van der Waals surface area contributed by atoms with Crippen molar-refractivity contribution in [1.82, 2.24) is 5.32 Å². The Hall–Kier alpha value is -1.88. The number of amides is 1. The van der Waals surface area contributed by atoms with Crippen molar-refractivity contribution in [2.24, 2.45) is 0 Å². The van der Waals surface area contributed by atoms with Crippen LogP contribution < -0.4 is 5.32 Å². The second-order valence-electron chi connectivity index (χ2n) is 4.58. The van der Waals surface area contributed by atoms with E-state index in [-0.39, 0.29) is 17.6 Å². The van der Waals surface area contributed by atoms with Gasteiger partial charge in [0.25, 0.3) is 0 Å². The molecule has 1 fully saturated rings. The van der Waals surface area contributed by atoms with Crippen LogP contribution in [0.4, 0.5) is 0 Å². The molecule has 1 heterocycles. The quantitative estimate of drug-likeness (QED) is 0.864. The summed E-state index contributed by atoms with van der Waals surface area (Å²) in [6, 6.07) is 6.54. The summed E-state index contributed by atoms with van der Waals surface area (Å²) in [7, 11) is 0. The lowest BCUT2D eigenvalue weighted by Gasteiger charge is -2.21. The van der Waals surface area contributed by atoms with E-state index >= 15 is 0 Å². The predicted molar refractivity (Wildman–Crippen MR) is 68.8 cm³/mol. The normalized spacial score (nSPS) is 18.8. The first kappa shape index (κ1) is 13.5. The lowest BCUT2D eigenvalue weighted by atomic mass is 10.1. The maximum absolute atomic E-state index is 11.8. The molecule has 102 valence electrons. The maximum atomic E-state index is 11.8. The Morgan fingerprint density at radius 2 is 2.21 bits per heavy atom. The summed E-state index contributed by atoms with van der Waals surface area (Å²) in [6.45, 7) is 0.951. The molecular formula is C14H17NO4. The summed E-state index contributed by atoms with van der Waals surface area (Å²) in [5.41, 5.74) is 0.990. The average Bonchev–Trinajstić information content (AvgIpc) is 2.46. The third-order valence-corrected chi connectivity index (χ3v) is 3.11. The van der Waals surface area contributed by atoms with E-state index in [4.69, 9.17) is 9.84 Å². The highest BCUT2D eigenvalue weighted by atomic mass is 16.5. The molecule has 0 aromatic heterocycles. The molecule has 1 aromatic carbocycles. The van der Waals surface area contributed by atoms with E-state index in [1.807, 2.05) is 0 Å². The number of aromatic carboxylic acids is 1. The topological polar surface area (TPSA) is 75.6 Å². The molecule has 0 radical (unpaired) electrons. The van der Waals surface area contributed by atoms with E-state index in [0.717, 1.165) is 24.8 Å². The van der Waals surface area contributed by atoms with Crippen molar-refractivity contribution in [3.63, 3.8) is 0 Å². The summed E-state index contributed by atoms with van der Waals surface area (Å²) in [5, 5.41) is 11.7. The van der Waals surface area contributed by atoms with E-state index in [9.17, 15) is 9.59 Å². The van der Waals surface area contributed by atoms with Crippen molar-refractivity contribution in [3.8, 4) is 0 Å². The van der Waals surface area contributed by atoms with Gasteiger partial charge in [0.15, 0.2) is 0 Å². The minimum absolute atomic E-state index is 0.125. The Bertz CT molecular complexity index is 466. The zero-order valence-electron chi connectivity index (χ0n) is 10.6. The van der Waals surface area contributed by atoms with Crippen molar-refractivity contribution < 1.29 is 19.4 Å². The molecule has 0 saturated carbocycles. The average molecular weight is 263 g/mol. The standard InChI is InChI=1S/C14H17NO4/c16-13(12-6-1-2-7-19-12)15-9-10-4-3-5-11(8-10)14(17)18/h3-5,8,12H,1-2,6-7,9H2,(H,15,16)(H,17,18). The summed E-state index contributed by atoms with van der Waals surface area (Å²) >= 11 is 0. The first-order valence-electron chi connectivity index (χ1n) is 6.38. The number of carbonyl (C=O) groups excluding carboxylic acids is 1. The molecule has 1 atom stereocenters. The van der Waals surface area contributed by atoms with Gasteiger partial charge in [0.1, 0.15) is 6.10 Å². The van der Waals surface area contributed by atoms with E-state index in [1.54, 1.807) is 18.2 Å². The van der Waals surface area contributed by atoms with E-state index in [2.05, 4.69) is 5.32 Å². The fourth-order valence-electron chi connectivity index (χ4n) is 2.06. The molecule has 1 aliphatic heterocycles. The number of nitrogens with one attached hydrogen (secondary N) is 1. The van der Waals surface area contributed by atoms with Crippen LogP contribution >= 0.6 is 0 Å². The molecule has 2 rings (SSSR count). The van der Waals surface area contributed by atoms with Gasteiger partial charge >= 0.3 is 5.97 Å². The van der Waals surface area contributed by atoms with Crippen molar-refractivity contribution >= 4 is 11.9 Å². The molecule has 19 heavy (non-hydrogen) atoms. The van der Waals surface area contributed by atoms with Crippen LogP contribution in [0.15, 0.2) is 24.3 Å². The molecule has 5 nitrogen and oxygen atoms in total. The van der Waals surface area contributed by atoms with Crippen molar-refractivity contribution in [1.29, 1.82) is 0 Å². The van der Waals surface area contributed by atoms with Crippen LogP contribution in [0.3, 0.4) is 0 Å². The van der Waals surface area contributed by atoms with Gasteiger partial charge in [-0.3, -0.25) is 4.79 Å². The van der Waals surface area contributed by atoms with Crippen LogP contribution in [0.25, 0.3) is 0 Å². The SMILES string of the molecule is O=C(O)c1cccc(CNC(=O)C2CCCCO2)c1. The number of benzene rings is 1. The molecule has 1 aliphatic rings. The van der Waals surface area contributed by atoms with E-state index < -0.39 is 5.97 Å². The second-order valence-corrected chi connectivity index (χ2v) is 4.58. The van der Waals surface area contributed by atoms with Gasteiger partial charge in [-0.2, -0.15) is 0 Å². The molecular weight excluding hydrogens is 246 g/mol. The fourth-order valence-corrected chi connectivity index (χ4v) is 2.06. The first-order chi connectivity index (χ1) is 9.16. The molecule has 1 saturated heterocycles. The van der Waals surface area contributed by atoms with Gasteiger partial charge in [-0.25, -0.2) is 4.79 Å². The molecule has 5 heteroatoms. The molecule has 1 aromatic rings. The number of hydrogen-bond acceptors (Lipinski definition) is 3. The van der Waals surface area contributed by atoms with Crippen LogP contribution in [-0.2, 0) is 16.1 Å². The number of carbonyl (C=O) groups is 2. The Morgan fingerprint density at radius 1 is 1.37 bits per heavy atom. The van der Waals surface area contributed by atoms with Gasteiger partial charge in [0, 0.05) is 13.2 Å². The lowest BCUT2D eigenvalue weighted by Crippen LogP contribution is -2.37. The monoisotopic (exact) mass is 263 g/mol. The zero-order chi connectivity index (χ0) is 13.7. The second kappa shape index (κ2) is 6.33. The molecule has 0 bridgehead atoms. The third kappa shape index (κ3) is 3.79. The number of carboxylic acids is 1. The van der Waals surface area contributed by atoms with Gasteiger partial charge < -0.3 is 15.2 Å². The number of ether oxygens (including phenoxy) is 1. The van der Waals surface area contributed by atoms with E-state index in [1.165, 1.54) is 6.07 Å². The Balaban J connectivity index is 1.89. The van der Waals surface area contributed by atoms with Crippen LogP contribution in [0, 0.1) is 0 Å². The van der Waals surface area contributed by atoms with Crippen molar-refractivity contribution in [2.75, 3.05) is 6.61 Å². The molecule has 1 unspecified atom stereocenters. The van der Waals surface area contributed by atoms with Gasteiger partial charge in [-0.15, -0.1) is 0 Å². The highest BCUT2D eigenvalue weighted by Crippen LogP contribution is 2.13. The molecule has 0 spiro atoms. The highest BCUT2D eigenvalue weighted by Gasteiger charge is 2.21. The zero-order valence-corrected chi connectivity index (χ0v) is 10.6. The van der Waals surface area contributed by atoms with Gasteiger partial charge in [-0.1, -0.05) is 12.1 Å². The Labute approximate surface area is 111 Å². The number of carboxylic acid groups (broad SMARTS) is 1. The summed E-state index contributed by atoms with van der Waals surface area (Å²) in [5.74, 6) is -1.09.